The molecule has 2 aromatic rings. The van der Waals surface area contributed by atoms with Crippen molar-refractivity contribution in [1.82, 2.24) is 0 Å². The molecule has 2 rings (SSSR count). The first kappa shape index (κ1) is 12.2. The summed E-state index contributed by atoms with van der Waals surface area (Å²) in [6.07, 6.45) is 1.76. The molecule has 0 aliphatic heterocycles. The summed E-state index contributed by atoms with van der Waals surface area (Å²) in [6.45, 7) is 4.29. The number of ether oxygens (including phenoxy) is 2. The molecule has 2 heteroatoms. The van der Waals surface area contributed by atoms with Crippen molar-refractivity contribution in [1.29, 1.82) is 0 Å². The van der Waals surface area contributed by atoms with Crippen molar-refractivity contribution >= 4 is 6.08 Å². The first-order chi connectivity index (χ1) is 8.83. The van der Waals surface area contributed by atoms with Gasteiger partial charge in [-0.15, -0.1) is 0 Å². The van der Waals surface area contributed by atoms with Crippen molar-refractivity contribution in [3.8, 4) is 11.5 Å². The Morgan fingerprint density at radius 2 is 1.89 bits per heavy atom. The van der Waals surface area contributed by atoms with Crippen molar-refractivity contribution in [2.24, 2.45) is 0 Å². The quantitative estimate of drug-likeness (QED) is 0.788. The monoisotopic (exact) mass is 240 g/mol. The Labute approximate surface area is 107 Å². The number of methoxy groups -OCH3 is 1. The van der Waals surface area contributed by atoms with Crippen LogP contribution in [0.15, 0.2) is 55.1 Å². The second-order valence-electron chi connectivity index (χ2n) is 3.88. The zero-order valence-corrected chi connectivity index (χ0v) is 10.4. The summed E-state index contributed by atoms with van der Waals surface area (Å²) >= 11 is 0. The van der Waals surface area contributed by atoms with Gasteiger partial charge < -0.3 is 9.47 Å². The molecule has 0 saturated heterocycles. The highest BCUT2D eigenvalue weighted by Crippen LogP contribution is 2.25. The average Bonchev–Trinajstić information content (AvgIpc) is 2.45. The number of hydrogen-bond donors (Lipinski definition) is 0. The van der Waals surface area contributed by atoms with E-state index in [2.05, 4.69) is 6.58 Å². The van der Waals surface area contributed by atoms with Gasteiger partial charge in [-0.2, -0.15) is 0 Å². The summed E-state index contributed by atoms with van der Waals surface area (Å²) in [5.41, 5.74) is 2.11. The molecule has 0 heterocycles. The molecular formula is C16H16O2. The van der Waals surface area contributed by atoms with E-state index in [1.807, 2.05) is 48.5 Å². The first-order valence-corrected chi connectivity index (χ1v) is 5.80. The van der Waals surface area contributed by atoms with Gasteiger partial charge in [0.25, 0.3) is 0 Å². The second kappa shape index (κ2) is 5.92. The van der Waals surface area contributed by atoms with Crippen molar-refractivity contribution in [3.05, 3.63) is 66.2 Å². The molecule has 92 valence electrons. The largest absolute Gasteiger partial charge is 0.496 e. The lowest BCUT2D eigenvalue weighted by Crippen LogP contribution is -1.96. The van der Waals surface area contributed by atoms with E-state index < -0.39 is 0 Å². The molecule has 0 radical (unpaired) electrons. The molecule has 2 nitrogen and oxygen atoms in total. The van der Waals surface area contributed by atoms with E-state index in [0.717, 1.165) is 22.6 Å². The lowest BCUT2D eigenvalue weighted by Gasteiger charge is -2.10. The van der Waals surface area contributed by atoms with Gasteiger partial charge in [0.1, 0.15) is 18.1 Å². The third-order valence-corrected chi connectivity index (χ3v) is 2.67. The van der Waals surface area contributed by atoms with Crippen LogP contribution in [0.3, 0.4) is 0 Å². The zero-order valence-electron chi connectivity index (χ0n) is 10.4. The minimum atomic E-state index is 0.553. The lowest BCUT2D eigenvalue weighted by atomic mass is 10.2. The average molecular weight is 240 g/mol. The summed E-state index contributed by atoms with van der Waals surface area (Å²) in [5.74, 6) is 1.57. The van der Waals surface area contributed by atoms with Crippen LogP contribution in [-0.2, 0) is 6.61 Å². The Morgan fingerprint density at radius 3 is 2.56 bits per heavy atom. The van der Waals surface area contributed by atoms with Crippen molar-refractivity contribution < 1.29 is 9.47 Å². The highest BCUT2D eigenvalue weighted by Gasteiger charge is 2.02. The summed E-state index contributed by atoms with van der Waals surface area (Å²) < 4.78 is 11.0. The van der Waals surface area contributed by atoms with E-state index in [0.29, 0.717) is 6.61 Å². The molecule has 0 bridgehead atoms. The summed E-state index contributed by atoms with van der Waals surface area (Å²) in [6, 6.07) is 15.8. The fraction of sp³-hybridized carbons (Fsp3) is 0.125. The Kier molecular flexibility index (Phi) is 4.02. The predicted octanol–water partition coefficient (Wildman–Crippen LogP) is 3.92. The molecule has 0 spiro atoms. The SMILES string of the molecule is C=Cc1ccc(OCc2ccccc2)cc1OC. The highest BCUT2D eigenvalue weighted by molar-refractivity contribution is 5.57. The molecule has 0 fully saturated rings. The molecule has 2 aromatic carbocycles. The number of rotatable bonds is 5. The molecule has 0 aliphatic rings. The third kappa shape index (κ3) is 2.92. The van der Waals surface area contributed by atoms with Gasteiger partial charge in [0, 0.05) is 11.6 Å². The summed E-state index contributed by atoms with van der Waals surface area (Å²) in [5, 5.41) is 0. The van der Waals surface area contributed by atoms with Crippen LogP contribution in [-0.4, -0.2) is 7.11 Å². The Morgan fingerprint density at radius 1 is 1.11 bits per heavy atom. The minimum absolute atomic E-state index is 0.553. The van der Waals surface area contributed by atoms with E-state index in [9.17, 15) is 0 Å². The van der Waals surface area contributed by atoms with Crippen LogP contribution < -0.4 is 9.47 Å². The van der Waals surface area contributed by atoms with Gasteiger partial charge in [0.15, 0.2) is 0 Å². The van der Waals surface area contributed by atoms with E-state index >= 15 is 0 Å². The molecule has 0 atom stereocenters. The van der Waals surface area contributed by atoms with Gasteiger partial charge in [0.05, 0.1) is 7.11 Å². The molecular weight excluding hydrogens is 224 g/mol. The maximum atomic E-state index is 5.72. The fourth-order valence-electron chi connectivity index (χ4n) is 1.69. The zero-order chi connectivity index (χ0) is 12.8. The van der Waals surface area contributed by atoms with Crippen LogP contribution in [0.1, 0.15) is 11.1 Å². The molecule has 0 aromatic heterocycles. The maximum absolute atomic E-state index is 5.72. The fourth-order valence-corrected chi connectivity index (χ4v) is 1.69. The van der Waals surface area contributed by atoms with Crippen LogP contribution in [0.5, 0.6) is 11.5 Å². The van der Waals surface area contributed by atoms with E-state index in [-0.39, 0.29) is 0 Å². The first-order valence-electron chi connectivity index (χ1n) is 5.80. The van der Waals surface area contributed by atoms with Gasteiger partial charge >= 0.3 is 0 Å². The van der Waals surface area contributed by atoms with Crippen molar-refractivity contribution in [2.75, 3.05) is 7.11 Å². The van der Waals surface area contributed by atoms with Gasteiger partial charge in [-0.05, 0) is 17.7 Å². The Bertz CT molecular complexity index is 518. The van der Waals surface area contributed by atoms with Gasteiger partial charge in [0.2, 0.25) is 0 Å². The van der Waals surface area contributed by atoms with Crippen molar-refractivity contribution in [2.45, 2.75) is 6.61 Å². The molecule has 0 N–H and O–H groups in total. The lowest BCUT2D eigenvalue weighted by molar-refractivity contribution is 0.303. The maximum Gasteiger partial charge on any atom is 0.129 e. The molecule has 0 saturated carbocycles. The second-order valence-corrected chi connectivity index (χ2v) is 3.88. The summed E-state index contributed by atoms with van der Waals surface area (Å²) in [4.78, 5) is 0. The van der Waals surface area contributed by atoms with Crippen LogP contribution >= 0.6 is 0 Å². The third-order valence-electron chi connectivity index (χ3n) is 2.67. The van der Waals surface area contributed by atoms with Crippen LogP contribution in [0.4, 0.5) is 0 Å². The van der Waals surface area contributed by atoms with Crippen LogP contribution in [0, 0.1) is 0 Å². The molecule has 0 aliphatic carbocycles. The molecule has 0 amide bonds. The predicted molar refractivity (Wildman–Crippen MR) is 73.9 cm³/mol. The van der Waals surface area contributed by atoms with Crippen molar-refractivity contribution in [3.63, 3.8) is 0 Å². The normalized spacial score (nSPS) is 9.83. The van der Waals surface area contributed by atoms with E-state index in [1.54, 1.807) is 13.2 Å². The highest BCUT2D eigenvalue weighted by atomic mass is 16.5. The Balaban J connectivity index is 2.08. The van der Waals surface area contributed by atoms with Gasteiger partial charge in [-0.25, -0.2) is 0 Å². The van der Waals surface area contributed by atoms with Gasteiger partial charge in [-0.1, -0.05) is 43.0 Å². The topological polar surface area (TPSA) is 18.5 Å². The van der Waals surface area contributed by atoms with Crippen LogP contribution in [0.2, 0.25) is 0 Å². The van der Waals surface area contributed by atoms with Gasteiger partial charge in [-0.3, -0.25) is 0 Å². The minimum Gasteiger partial charge on any atom is -0.496 e. The standard InChI is InChI=1S/C16H16O2/c1-3-14-9-10-15(11-16(14)17-2)18-12-13-7-5-4-6-8-13/h3-11H,1,12H2,2H3. The molecule has 18 heavy (non-hydrogen) atoms. The van der Waals surface area contributed by atoms with E-state index in [4.69, 9.17) is 9.47 Å². The number of hydrogen-bond acceptors (Lipinski definition) is 2. The van der Waals surface area contributed by atoms with Crippen LogP contribution in [0.25, 0.3) is 6.08 Å². The van der Waals surface area contributed by atoms with E-state index in [1.165, 1.54) is 0 Å². The number of benzene rings is 2. The molecule has 0 unspecified atom stereocenters. The smallest absolute Gasteiger partial charge is 0.129 e. The Hall–Kier alpha value is -2.22. The summed E-state index contributed by atoms with van der Waals surface area (Å²) in [7, 11) is 1.64.